The van der Waals surface area contributed by atoms with Crippen LogP contribution in [0.25, 0.3) is 0 Å². The Morgan fingerprint density at radius 1 is 1.07 bits per heavy atom. The molecule has 0 heterocycles. The zero-order chi connectivity index (χ0) is 11.7. The van der Waals surface area contributed by atoms with E-state index in [2.05, 4.69) is 0 Å². The zero-order valence-corrected chi connectivity index (χ0v) is 8.74. The third-order valence-electron chi connectivity index (χ3n) is 2.74. The molecule has 0 aromatic rings. The van der Waals surface area contributed by atoms with E-state index in [1.165, 1.54) is 0 Å². The molecule has 0 bridgehead atoms. The van der Waals surface area contributed by atoms with Gasteiger partial charge in [-0.15, -0.1) is 3.89 Å². The lowest BCUT2D eigenvalue weighted by Gasteiger charge is -2.28. The van der Waals surface area contributed by atoms with Gasteiger partial charge in [-0.3, -0.25) is 0 Å². The normalized spacial score (nSPS) is 29.1. The summed E-state index contributed by atoms with van der Waals surface area (Å²) >= 11 is 0. The first-order chi connectivity index (χ1) is 6.68. The monoisotopic (exact) mass is 248 g/mol. The SMILES string of the molecule is O=S(=O)(F)CC1CCC(C(F)(F)F)CC1. The minimum absolute atomic E-state index is 0.0936. The second-order valence-electron chi connectivity index (χ2n) is 3.96. The van der Waals surface area contributed by atoms with Crippen LogP contribution in [-0.4, -0.2) is 20.3 Å². The van der Waals surface area contributed by atoms with Gasteiger partial charge in [0.05, 0.1) is 11.7 Å². The maximum atomic E-state index is 12.3. The van der Waals surface area contributed by atoms with Crippen molar-refractivity contribution >= 4 is 10.2 Å². The van der Waals surface area contributed by atoms with Crippen LogP contribution in [0.1, 0.15) is 25.7 Å². The maximum absolute atomic E-state index is 12.3. The summed E-state index contributed by atoms with van der Waals surface area (Å²) < 4.78 is 69.5. The average molecular weight is 248 g/mol. The molecule has 7 heteroatoms. The lowest BCUT2D eigenvalue weighted by Crippen LogP contribution is -2.29. The van der Waals surface area contributed by atoms with Crippen LogP contribution >= 0.6 is 0 Å². The molecule has 0 N–H and O–H groups in total. The number of rotatable bonds is 2. The van der Waals surface area contributed by atoms with Crippen LogP contribution in [0.2, 0.25) is 0 Å². The molecule has 90 valence electrons. The summed E-state index contributed by atoms with van der Waals surface area (Å²) in [6.45, 7) is 0. The van der Waals surface area contributed by atoms with Crippen LogP contribution in [0.15, 0.2) is 0 Å². The van der Waals surface area contributed by atoms with Gasteiger partial charge in [-0.25, -0.2) is 0 Å². The van der Waals surface area contributed by atoms with Crippen molar-refractivity contribution in [1.29, 1.82) is 0 Å². The fraction of sp³-hybridized carbons (Fsp3) is 1.00. The van der Waals surface area contributed by atoms with Gasteiger partial charge in [-0.2, -0.15) is 21.6 Å². The van der Waals surface area contributed by atoms with Crippen molar-refractivity contribution in [2.24, 2.45) is 11.8 Å². The first-order valence-electron chi connectivity index (χ1n) is 4.67. The van der Waals surface area contributed by atoms with Crippen molar-refractivity contribution in [3.05, 3.63) is 0 Å². The molecule has 0 saturated heterocycles. The molecule has 0 spiro atoms. The van der Waals surface area contributed by atoms with E-state index in [4.69, 9.17) is 0 Å². The van der Waals surface area contributed by atoms with E-state index in [1.54, 1.807) is 0 Å². The van der Waals surface area contributed by atoms with Crippen molar-refractivity contribution in [1.82, 2.24) is 0 Å². The lowest BCUT2D eigenvalue weighted by atomic mass is 9.82. The maximum Gasteiger partial charge on any atom is 0.391 e. The minimum Gasteiger partial charge on any atom is -0.195 e. The quantitative estimate of drug-likeness (QED) is 0.556. The van der Waals surface area contributed by atoms with Gasteiger partial charge in [0.1, 0.15) is 0 Å². The van der Waals surface area contributed by atoms with E-state index in [0.717, 1.165) is 0 Å². The molecule has 1 aliphatic rings. The van der Waals surface area contributed by atoms with Crippen LogP contribution in [0.4, 0.5) is 17.1 Å². The topological polar surface area (TPSA) is 34.1 Å². The summed E-state index contributed by atoms with van der Waals surface area (Å²) in [5, 5.41) is 0. The van der Waals surface area contributed by atoms with E-state index in [9.17, 15) is 25.5 Å². The first kappa shape index (κ1) is 12.7. The van der Waals surface area contributed by atoms with Gasteiger partial charge < -0.3 is 0 Å². The van der Waals surface area contributed by atoms with Crippen LogP contribution in [0, 0.1) is 11.8 Å². The molecular formula is C8H12F4O2S. The summed E-state index contributed by atoms with van der Waals surface area (Å²) in [7, 11) is -4.56. The molecule has 2 nitrogen and oxygen atoms in total. The summed E-state index contributed by atoms with van der Waals surface area (Å²) in [5.74, 6) is -2.45. The minimum atomic E-state index is -4.56. The van der Waals surface area contributed by atoms with E-state index in [-0.39, 0.29) is 25.7 Å². The predicted octanol–water partition coefficient (Wildman–Crippen LogP) is 2.65. The third-order valence-corrected chi connectivity index (χ3v) is 3.61. The Morgan fingerprint density at radius 2 is 1.53 bits per heavy atom. The number of alkyl halides is 3. The van der Waals surface area contributed by atoms with Crippen LogP contribution in [-0.2, 0) is 10.2 Å². The molecule has 0 unspecified atom stereocenters. The van der Waals surface area contributed by atoms with E-state index in [1.807, 2.05) is 0 Å². The number of hydrogen-bond acceptors (Lipinski definition) is 2. The second kappa shape index (κ2) is 4.27. The molecule has 0 aromatic heterocycles. The summed E-state index contributed by atoms with van der Waals surface area (Å²) in [6.07, 6.45) is -4.13. The average Bonchev–Trinajstić information content (AvgIpc) is 2.00. The van der Waals surface area contributed by atoms with E-state index in [0.29, 0.717) is 0 Å². The molecule has 1 saturated carbocycles. The van der Waals surface area contributed by atoms with Crippen LogP contribution in [0.5, 0.6) is 0 Å². The molecule has 0 radical (unpaired) electrons. The Balaban J connectivity index is 2.43. The van der Waals surface area contributed by atoms with Crippen molar-refractivity contribution in [3.8, 4) is 0 Å². The Labute approximate surface area is 85.9 Å². The van der Waals surface area contributed by atoms with Crippen LogP contribution < -0.4 is 0 Å². The largest absolute Gasteiger partial charge is 0.391 e. The van der Waals surface area contributed by atoms with Gasteiger partial charge in [0, 0.05) is 0 Å². The highest BCUT2D eigenvalue weighted by Gasteiger charge is 2.41. The molecule has 1 aliphatic carbocycles. The van der Waals surface area contributed by atoms with Crippen molar-refractivity contribution in [2.45, 2.75) is 31.9 Å². The summed E-state index contributed by atoms with van der Waals surface area (Å²) in [6, 6.07) is 0. The molecule has 0 atom stereocenters. The molecule has 0 amide bonds. The summed E-state index contributed by atoms with van der Waals surface area (Å²) in [5.41, 5.74) is 0. The lowest BCUT2D eigenvalue weighted by molar-refractivity contribution is -0.183. The van der Waals surface area contributed by atoms with Crippen molar-refractivity contribution in [3.63, 3.8) is 0 Å². The highest BCUT2D eigenvalue weighted by Crippen LogP contribution is 2.39. The smallest absolute Gasteiger partial charge is 0.195 e. The third kappa shape index (κ3) is 4.36. The van der Waals surface area contributed by atoms with Crippen LogP contribution in [0.3, 0.4) is 0 Å². The molecular weight excluding hydrogens is 236 g/mol. The Bertz CT molecular complexity index is 301. The van der Waals surface area contributed by atoms with E-state index < -0.39 is 34.0 Å². The highest BCUT2D eigenvalue weighted by molar-refractivity contribution is 7.86. The molecule has 0 aromatic carbocycles. The van der Waals surface area contributed by atoms with Crippen molar-refractivity contribution < 1.29 is 25.5 Å². The predicted molar refractivity (Wildman–Crippen MR) is 46.4 cm³/mol. The molecule has 1 rings (SSSR count). The van der Waals surface area contributed by atoms with Crippen molar-refractivity contribution in [2.75, 3.05) is 5.75 Å². The van der Waals surface area contributed by atoms with Gasteiger partial charge in [0.25, 0.3) is 0 Å². The fourth-order valence-electron chi connectivity index (χ4n) is 1.94. The van der Waals surface area contributed by atoms with E-state index >= 15 is 0 Å². The van der Waals surface area contributed by atoms with Gasteiger partial charge >= 0.3 is 16.4 Å². The Morgan fingerprint density at radius 3 is 1.87 bits per heavy atom. The summed E-state index contributed by atoms with van der Waals surface area (Å²) in [4.78, 5) is 0. The van der Waals surface area contributed by atoms with Gasteiger partial charge in [-0.05, 0) is 31.6 Å². The number of hydrogen-bond donors (Lipinski definition) is 0. The molecule has 0 aliphatic heterocycles. The van der Waals surface area contributed by atoms with Gasteiger partial charge in [0.15, 0.2) is 0 Å². The standard InChI is InChI=1S/C8H12F4O2S/c9-8(10,11)7-3-1-6(2-4-7)5-15(12,13)14/h6-7H,1-5H2. The van der Waals surface area contributed by atoms with Gasteiger partial charge in [-0.1, -0.05) is 0 Å². The van der Waals surface area contributed by atoms with Gasteiger partial charge in [0.2, 0.25) is 0 Å². The molecule has 15 heavy (non-hydrogen) atoms. The Kier molecular flexibility index (Phi) is 3.63. The first-order valence-corrected chi connectivity index (χ1v) is 6.23. The Hall–Kier alpha value is -0.330. The zero-order valence-electron chi connectivity index (χ0n) is 7.93. The number of halogens is 4. The second-order valence-corrected chi connectivity index (χ2v) is 5.38. The molecule has 1 fully saturated rings. The fourth-order valence-corrected chi connectivity index (χ4v) is 2.83. The highest BCUT2D eigenvalue weighted by atomic mass is 32.3.